The van der Waals surface area contributed by atoms with Crippen molar-refractivity contribution in [2.75, 3.05) is 59.5 Å². The van der Waals surface area contributed by atoms with Crippen LogP contribution in [0.2, 0.25) is 0 Å². The molecule has 2 aromatic carbocycles. The van der Waals surface area contributed by atoms with E-state index in [2.05, 4.69) is 34.3 Å². The summed E-state index contributed by atoms with van der Waals surface area (Å²) in [6, 6.07) is 23.7. The van der Waals surface area contributed by atoms with Crippen LogP contribution in [0.4, 0.5) is 4.79 Å². The first kappa shape index (κ1) is 41.7. The Labute approximate surface area is 319 Å². The Hall–Kier alpha value is -5.04. The lowest BCUT2D eigenvalue weighted by atomic mass is 10.1. The van der Waals surface area contributed by atoms with Crippen molar-refractivity contribution in [1.29, 1.82) is 0 Å². The van der Waals surface area contributed by atoms with Crippen LogP contribution in [-0.4, -0.2) is 102 Å². The number of furan rings is 1. The fraction of sp³-hybridized carbons (Fsp3) is 0.429. The van der Waals surface area contributed by atoms with Crippen LogP contribution in [0.15, 0.2) is 89.7 Å². The largest absolute Gasteiger partial charge is 0.469 e. The Morgan fingerprint density at radius 1 is 0.926 bits per heavy atom. The van der Waals surface area contributed by atoms with Crippen molar-refractivity contribution in [3.8, 4) is 17.1 Å². The predicted octanol–water partition coefficient (Wildman–Crippen LogP) is 6.90. The molecule has 0 radical (unpaired) electrons. The van der Waals surface area contributed by atoms with Crippen LogP contribution < -0.4 is 10.1 Å². The number of hydrogen-bond donors (Lipinski definition) is 1. The minimum absolute atomic E-state index is 0.343. The molecule has 3 aromatic heterocycles. The number of carbonyl (C=O) groups is 2. The molecule has 0 bridgehead atoms. The Balaban J connectivity index is 0.000000248. The van der Waals surface area contributed by atoms with E-state index in [1.807, 2.05) is 101 Å². The van der Waals surface area contributed by atoms with Crippen LogP contribution in [0, 0.1) is 0 Å². The Kier molecular flexibility index (Phi) is 16.7. The maximum atomic E-state index is 11.5. The molecule has 1 fully saturated rings. The first-order chi connectivity index (χ1) is 26.2. The third-order valence-electron chi connectivity index (χ3n) is 8.34. The summed E-state index contributed by atoms with van der Waals surface area (Å²) in [5, 5.41) is 2.78. The normalized spacial score (nSPS) is 13.0. The molecule has 1 amide bonds. The van der Waals surface area contributed by atoms with Gasteiger partial charge in [0, 0.05) is 44.4 Å². The number of likely N-dealkylation sites (N-methyl/N-ethyl adjacent to an activating group) is 1. The Morgan fingerprint density at radius 2 is 1.63 bits per heavy atom. The number of carbonyl (C=O) groups excluding carboxylic acids is 2. The summed E-state index contributed by atoms with van der Waals surface area (Å²) in [6.45, 7) is 17.4. The molecule has 54 heavy (non-hydrogen) atoms. The summed E-state index contributed by atoms with van der Waals surface area (Å²) in [6.07, 6.45) is 5.27. The summed E-state index contributed by atoms with van der Waals surface area (Å²) in [5.41, 5.74) is 4.50. The van der Waals surface area contributed by atoms with Crippen molar-refractivity contribution in [1.82, 2.24) is 29.5 Å². The van der Waals surface area contributed by atoms with Gasteiger partial charge in [0.25, 0.3) is 6.47 Å². The van der Waals surface area contributed by atoms with Gasteiger partial charge in [0.1, 0.15) is 17.1 Å². The number of aromatic nitrogens is 3. The maximum Gasteiger partial charge on any atom is 0.407 e. The van der Waals surface area contributed by atoms with Crippen LogP contribution in [0.1, 0.15) is 63.8 Å². The van der Waals surface area contributed by atoms with Gasteiger partial charge in [-0.3, -0.25) is 14.1 Å². The lowest BCUT2D eigenvalue weighted by Gasteiger charge is -2.27. The summed E-state index contributed by atoms with van der Waals surface area (Å²) in [4.78, 5) is 37.2. The van der Waals surface area contributed by atoms with Crippen LogP contribution >= 0.6 is 0 Å². The van der Waals surface area contributed by atoms with Crippen LogP contribution in [0.3, 0.4) is 0 Å². The number of amides is 1. The molecule has 5 aromatic rings. The molecule has 4 heterocycles. The number of nitrogens with one attached hydrogen (secondary N) is 1. The standard InChI is InChI=1S/C25H19N3O3.C15H31N3O3.C2H6/c29-17-31-25-22(15-20-12-7-13-30-20)27-24-21(14-18-8-3-1-4-9-18)26-23(16-28(24)25)19-10-5-2-6-11-19;1-15(2,3)21-14(19)16-6-9-17(4)7-5-8-18-10-12-20-13-11-18;1-2/h1-13,16-17H,14-15H2;5-13H2,1-4H3,(H,16,19);1-2H3. The molecular weight excluding hydrogens is 684 g/mol. The van der Waals surface area contributed by atoms with Crippen molar-refractivity contribution in [2.45, 2.75) is 59.5 Å². The minimum Gasteiger partial charge on any atom is -0.469 e. The van der Waals surface area contributed by atoms with E-state index in [0.29, 0.717) is 43.1 Å². The molecular formula is C42H56N6O6. The smallest absolute Gasteiger partial charge is 0.407 e. The van der Waals surface area contributed by atoms with Crippen molar-refractivity contribution < 1.29 is 28.2 Å². The van der Waals surface area contributed by atoms with Gasteiger partial charge < -0.3 is 28.8 Å². The number of hydrogen-bond acceptors (Lipinski definition) is 10. The molecule has 0 aliphatic carbocycles. The van der Waals surface area contributed by atoms with Gasteiger partial charge in [-0.1, -0.05) is 74.5 Å². The van der Waals surface area contributed by atoms with E-state index in [-0.39, 0.29) is 6.09 Å². The second-order valence-electron chi connectivity index (χ2n) is 13.7. The number of benzene rings is 2. The number of ether oxygens (including phenoxy) is 3. The van der Waals surface area contributed by atoms with Gasteiger partial charge >= 0.3 is 6.09 Å². The zero-order valence-corrected chi connectivity index (χ0v) is 32.6. The third kappa shape index (κ3) is 13.4. The third-order valence-corrected chi connectivity index (χ3v) is 8.34. The average Bonchev–Trinajstić information content (AvgIpc) is 3.81. The van der Waals surface area contributed by atoms with Gasteiger partial charge in [-0.15, -0.1) is 0 Å². The zero-order valence-electron chi connectivity index (χ0n) is 32.6. The van der Waals surface area contributed by atoms with Crippen molar-refractivity contribution in [3.63, 3.8) is 0 Å². The average molecular weight is 741 g/mol. The molecule has 1 N–H and O–H groups in total. The highest BCUT2D eigenvalue weighted by atomic mass is 16.6. The zero-order chi connectivity index (χ0) is 38.8. The Morgan fingerprint density at radius 3 is 2.28 bits per heavy atom. The number of fused-ring (bicyclic) bond motifs is 1. The molecule has 1 saturated heterocycles. The molecule has 0 atom stereocenters. The number of nitrogens with zero attached hydrogens (tertiary/aromatic N) is 5. The van der Waals surface area contributed by atoms with Gasteiger partial charge in [0.15, 0.2) is 5.65 Å². The molecule has 0 unspecified atom stereocenters. The predicted molar refractivity (Wildman–Crippen MR) is 211 cm³/mol. The van der Waals surface area contributed by atoms with E-state index >= 15 is 0 Å². The van der Waals surface area contributed by atoms with E-state index in [0.717, 1.165) is 80.6 Å². The van der Waals surface area contributed by atoms with Crippen molar-refractivity contribution in [3.05, 3.63) is 108 Å². The fourth-order valence-corrected chi connectivity index (χ4v) is 5.82. The number of rotatable bonds is 14. The van der Waals surface area contributed by atoms with E-state index in [1.165, 1.54) is 0 Å². The van der Waals surface area contributed by atoms with E-state index < -0.39 is 5.60 Å². The topological polar surface area (TPSA) is 124 Å². The van der Waals surface area contributed by atoms with Crippen molar-refractivity contribution in [2.24, 2.45) is 0 Å². The highest BCUT2D eigenvalue weighted by Crippen LogP contribution is 2.29. The molecule has 6 rings (SSSR count). The number of alkyl carbamates (subject to hydrolysis) is 1. The molecule has 290 valence electrons. The SMILES string of the molecule is CC.CN(CCCN1CCOCC1)CCNC(=O)OC(C)(C)C.O=COc1c(Cc2ccco2)nc2c(Cc3ccccc3)nc(-c3ccccc3)cn12. The quantitative estimate of drug-likeness (QED) is 0.120. The summed E-state index contributed by atoms with van der Waals surface area (Å²) in [7, 11) is 2.08. The monoisotopic (exact) mass is 740 g/mol. The van der Waals surface area contributed by atoms with Crippen molar-refractivity contribution >= 4 is 18.2 Å². The fourth-order valence-electron chi connectivity index (χ4n) is 5.82. The van der Waals surface area contributed by atoms with Crippen LogP contribution in [-0.2, 0) is 27.1 Å². The minimum atomic E-state index is -0.436. The number of morpholine rings is 1. The molecule has 0 saturated carbocycles. The molecule has 1 aliphatic heterocycles. The molecule has 12 nitrogen and oxygen atoms in total. The first-order valence-electron chi connectivity index (χ1n) is 18.8. The molecule has 0 spiro atoms. The van der Waals surface area contributed by atoms with Crippen LogP contribution in [0.25, 0.3) is 16.9 Å². The molecule has 1 aliphatic rings. The maximum absolute atomic E-state index is 11.5. The highest BCUT2D eigenvalue weighted by molar-refractivity contribution is 5.67. The van der Waals surface area contributed by atoms with Crippen LogP contribution in [0.5, 0.6) is 5.88 Å². The van der Waals surface area contributed by atoms with Gasteiger partial charge in [0.2, 0.25) is 5.88 Å². The first-order valence-corrected chi connectivity index (χ1v) is 18.8. The second-order valence-corrected chi connectivity index (χ2v) is 13.7. The molecule has 12 heteroatoms. The highest BCUT2D eigenvalue weighted by Gasteiger charge is 2.21. The van der Waals surface area contributed by atoms with Gasteiger partial charge in [-0.25, -0.2) is 14.8 Å². The Bertz CT molecular complexity index is 1820. The van der Waals surface area contributed by atoms with E-state index in [1.54, 1.807) is 10.7 Å². The van der Waals surface area contributed by atoms with Gasteiger partial charge in [-0.05, 0) is 65.0 Å². The summed E-state index contributed by atoms with van der Waals surface area (Å²) in [5.74, 6) is 1.11. The summed E-state index contributed by atoms with van der Waals surface area (Å²) >= 11 is 0. The van der Waals surface area contributed by atoms with E-state index in [4.69, 9.17) is 28.6 Å². The van der Waals surface area contributed by atoms with Gasteiger partial charge in [-0.2, -0.15) is 0 Å². The lowest BCUT2D eigenvalue weighted by Crippen LogP contribution is -2.39. The van der Waals surface area contributed by atoms with Gasteiger partial charge in [0.05, 0.1) is 37.3 Å². The number of imidazole rings is 1. The lowest BCUT2D eigenvalue weighted by molar-refractivity contribution is -0.121. The second kappa shape index (κ2) is 21.6. The van der Waals surface area contributed by atoms with E-state index in [9.17, 15) is 9.59 Å². The summed E-state index contributed by atoms with van der Waals surface area (Å²) < 4.78 is 23.2.